The molecule has 0 spiro atoms. The van der Waals surface area contributed by atoms with E-state index in [0.29, 0.717) is 17.0 Å². The number of benzene rings is 2. The smallest absolute Gasteiger partial charge is 0.311 e. The molecule has 1 saturated heterocycles. The van der Waals surface area contributed by atoms with Crippen molar-refractivity contribution in [1.29, 1.82) is 0 Å². The van der Waals surface area contributed by atoms with E-state index >= 15 is 0 Å². The first-order chi connectivity index (χ1) is 15.6. The fraction of sp³-hybridized carbons (Fsp3) is 0.417. The van der Waals surface area contributed by atoms with E-state index in [4.69, 9.17) is 0 Å². The van der Waals surface area contributed by atoms with Gasteiger partial charge < -0.3 is 5.32 Å². The minimum absolute atomic E-state index is 0.204. The molecule has 33 heavy (non-hydrogen) atoms. The van der Waals surface area contributed by atoms with E-state index in [-0.39, 0.29) is 6.54 Å². The number of hydrogen-bond acceptors (Lipinski definition) is 3. The highest BCUT2D eigenvalue weighted by Gasteiger charge is 2.56. The van der Waals surface area contributed by atoms with E-state index in [9.17, 15) is 26.3 Å². The summed E-state index contributed by atoms with van der Waals surface area (Å²) < 4.78 is 83.4. The van der Waals surface area contributed by atoms with Gasteiger partial charge in [0.1, 0.15) is 12.1 Å². The van der Waals surface area contributed by atoms with Crippen molar-refractivity contribution in [2.24, 2.45) is 0 Å². The monoisotopic (exact) mass is 471 g/mol. The second-order valence-electron chi connectivity index (χ2n) is 8.10. The molecule has 3 rings (SSSR count). The highest BCUT2D eigenvalue weighted by molar-refractivity contribution is 5.21. The van der Waals surface area contributed by atoms with E-state index in [2.05, 4.69) is 11.9 Å². The molecule has 2 aromatic rings. The van der Waals surface area contributed by atoms with Gasteiger partial charge in [-0.05, 0) is 11.1 Å². The Kier molecular flexibility index (Phi) is 8.20. The van der Waals surface area contributed by atoms with Gasteiger partial charge in [-0.25, -0.2) is 0 Å². The molecule has 2 aromatic carbocycles. The van der Waals surface area contributed by atoms with Crippen molar-refractivity contribution in [3.8, 4) is 0 Å². The Morgan fingerprint density at radius 1 is 0.879 bits per heavy atom. The molecule has 3 atom stereocenters. The second kappa shape index (κ2) is 10.7. The maximum atomic E-state index is 13.9. The number of halogens is 6. The lowest BCUT2D eigenvalue weighted by molar-refractivity contribution is -0.254. The van der Waals surface area contributed by atoms with Crippen LogP contribution < -0.4 is 5.32 Å². The molecule has 0 amide bonds. The quantitative estimate of drug-likeness (QED) is 0.423. The lowest BCUT2D eigenvalue weighted by atomic mass is 9.98. The number of piperazine rings is 1. The predicted octanol–water partition coefficient (Wildman–Crippen LogP) is 5.18. The third-order valence-electron chi connectivity index (χ3n) is 5.85. The van der Waals surface area contributed by atoms with E-state index < -0.39 is 50.1 Å². The van der Waals surface area contributed by atoms with Crippen LogP contribution in [0, 0.1) is 0 Å². The Morgan fingerprint density at radius 3 is 1.88 bits per heavy atom. The van der Waals surface area contributed by atoms with E-state index in [0.717, 1.165) is 11.6 Å². The molecule has 1 aliphatic rings. The van der Waals surface area contributed by atoms with Gasteiger partial charge in [0.2, 0.25) is 0 Å². The zero-order valence-corrected chi connectivity index (χ0v) is 18.0. The molecule has 0 radical (unpaired) electrons. The standard InChI is InChI=1S/C24H27F6N3/c1-2-13-33-21(23(25,26)27)16-32(17-22(33)24(28,29)30)20(19-11-7-4-8-12-19)15-31-14-18-9-5-3-6-10-18/h2-12,20-22,31H,1,13-17H2. The number of nitrogens with one attached hydrogen (secondary N) is 1. The Balaban J connectivity index is 1.89. The number of hydrogen-bond donors (Lipinski definition) is 1. The van der Waals surface area contributed by atoms with Crippen LogP contribution in [0.1, 0.15) is 17.2 Å². The molecule has 0 aromatic heterocycles. The fourth-order valence-electron chi connectivity index (χ4n) is 4.27. The Morgan fingerprint density at radius 2 is 1.39 bits per heavy atom. The largest absolute Gasteiger partial charge is 0.405 e. The van der Waals surface area contributed by atoms with Crippen molar-refractivity contribution >= 4 is 0 Å². The average molecular weight is 471 g/mol. The summed E-state index contributed by atoms with van der Waals surface area (Å²) in [6, 6.07) is 12.9. The summed E-state index contributed by atoms with van der Waals surface area (Å²) in [4.78, 5) is 1.78. The lowest BCUT2D eigenvalue weighted by Gasteiger charge is -2.49. The van der Waals surface area contributed by atoms with Gasteiger partial charge in [-0.15, -0.1) is 6.58 Å². The molecule has 3 unspecified atom stereocenters. The van der Waals surface area contributed by atoms with Crippen molar-refractivity contribution in [3.63, 3.8) is 0 Å². The Bertz CT molecular complexity index is 845. The number of alkyl halides is 6. The summed E-state index contributed by atoms with van der Waals surface area (Å²) in [5.41, 5.74) is 1.64. The fourth-order valence-corrected chi connectivity index (χ4v) is 4.27. The zero-order chi connectivity index (χ0) is 24.1. The van der Waals surface area contributed by atoms with Crippen LogP contribution in [0.3, 0.4) is 0 Å². The molecule has 9 heteroatoms. The topological polar surface area (TPSA) is 18.5 Å². The van der Waals surface area contributed by atoms with Gasteiger partial charge in [0.15, 0.2) is 0 Å². The van der Waals surface area contributed by atoms with Crippen LogP contribution in [0.5, 0.6) is 0 Å². The summed E-state index contributed by atoms with van der Waals surface area (Å²) in [5.74, 6) is 0. The summed E-state index contributed by atoms with van der Waals surface area (Å²) in [6.45, 7) is 2.40. The molecule has 3 nitrogen and oxygen atoms in total. The summed E-state index contributed by atoms with van der Waals surface area (Å²) in [6.07, 6.45) is -8.54. The molecule has 0 aliphatic carbocycles. The average Bonchev–Trinajstić information content (AvgIpc) is 2.77. The van der Waals surface area contributed by atoms with Crippen molar-refractivity contribution in [3.05, 3.63) is 84.4 Å². The highest BCUT2D eigenvalue weighted by atomic mass is 19.4. The predicted molar refractivity (Wildman–Crippen MR) is 115 cm³/mol. The maximum absolute atomic E-state index is 13.9. The maximum Gasteiger partial charge on any atom is 0.405 e. The molecule has 0 bridgehead atoms. The number of rotatable bonds is 8. The lowest BCUT2D eigenvalue weighted by Crippen LogP contribution is -2.67. The van der Waals surface area contributed by atoms with E-state index in [1.54, 1.807) is 30.3 Å². The second-order valence-corrected chi connectivity index (χ2v) is 8.10. The summed E-state index contributed by atoms with van der Waals surface area (Å²) in [5, 5.41) is 3.21. The third-order valence-corrected chi connectivity index (χ3v) is 5.85. The summed E-state index contributed by atoms with van der Waals surface area (Å²) >= 11 is 0. The molecule has 180 valence electrons. The minimum atomic E-state index is -4.82. The van der Waals surface area contributed by atoms with Gasteiger partial charge in [0.05, 0.1) is 0 Å². The van der Waals surface area contributed by atoms with Crippen LogP contribution in [0.25, 0.3) is 0 Å². The van der Waals surface area contributed by atoms with Crippen molar-refractivity contribution in [2.45, 2.75) is 37.0 Å². The van der Waals surface area contributed by atoms with Crippen LogP contribution in [-0.2, 0) is 6.54 Å². The van der Waals surface area contributed by atoms with Crippen LogP contribution in [0.4, 0.5) is 26.3 Å². The SMILES string of the molecule is C=CCN1C(C(F)(F)F)CN(C(CNCc2ccccc2)c2ccccc2)CC1C(F)(F)F. The molecule has 1 aliphatic heterocycles. The van der Waals surface area contributed by atoms with Crippen LogP contribution >= 0.6 is 0 Å². The first-order valence-corrected chi connectivity index (χ1v) is 10.6. The van der Waals surface area contributed by atoms with Gasteiger partial charge >= 0.3 is 12.4 Å². The van der Waals surface area contributed by atoms with E-state index in [1.807, 2.05) is 30.3 Å². The zero-order valence-electron chi connectivity index (χ0n) is 18.0. The minimum Gasteiger partial charge on any atom is -0.311 e. The normalized spacial score (nSPS) is 21.6. The van der Waals surface area contributed by atoms with Gasteiger partial charge in [0, 0.05) is 38.8 Å². The molecule has 0 saturated carbocycles. The van der Waals surface area contributed by atoms with Crippen molar-refractivity contribution in [2.75, 3.05) is 26.2 Å². The van der Waals surface area contributed by atoms with Gasteiger partial charge in [-0.1, -0.05) is 66.7 Å². The van der Waals surface area contributed by atoms with Crippen LogP contribution in [-0.4, -0.2) is 60.4 Å². The molecule has 1 fully saturated rings. The van der Waals surface area contributed by atoms with E-state index in [1.165, 1.54) is 4.90 Å². The van der Waals surface area contributed by atoms with Gasteiger partial charge in [0.25, 0.3) is 0 Å². The molecule has 1 N–H and O–H groups in total. The highest BCUT2D eigenvalue weighted by Crippen LogP contribution is 2.38. The molecule has 1 heterocycles. The van der Waals surface area contributed by atoms with Gasteiger partial charge in [-0.3, -0.25) is 9.80 Å². The first-order valence-electron chi connectivity index (χ1n) is 10.6. The van der Waals surface area contributed by atoms with Gasteiger partial charge in [-0.2, -0.15) is 26.3 Å². The Hall–Kier alpha value is -2.36. The summed E-state index contributed by atoms with van der Waals surface area (Å²) in [7, 11) is 0. The first kappa shape index (κ1) is 25.3. The van der Waals surface area contributed by atoms with Crippen LogP contribution in [0.15, 0.2) is 73.3 Å². The van der Waals surface area contributed by atoms with Crippen molar-refractivity contribution in [1.82, 2.24) is 15.1 Å². The molecular weight excluding hydrogens is 444 g/mol. The third kappa shape index (κ3) is 6.59. The number of nitrogens with zero attached hydrogens (tertiary/aromatic N) is 2. The van der Waals surface area contributed by atoms with Crippen molar-refractivity contribution < 1.29 is 26.3 Å². The molecular formula is C24H27F6N3. The van der Waals surface area contributed by atoms with Crippen LogP contribution in [0.2, 0.25) is 0 Å². The Labute approximate surface area is 189 Å².